The maximum absolute atomic E-state index is 12.1. The smallest absolute Gasteiger partial charge is 0.258 e. The molecular formula is C17H14N4OS. The van der Waals surface area contributed by atoms with Crippen LogP contribution in [-0.2, 0) is 5.75 Å². The first-order valence-corrected chi connectivity index (χ1v) is 8.05. The normalized spacial score (nSPS) is 10.7. The van der Waals surface area contributed by atoms with Crippen LogP contribution in [0.15, 0.2) is 46.3 Å². The van der Waals surface area contributed by atoms with Gasteiger partial charge in [0.1, 0.15) is 16.7 Å². The molecule has 6 heteroatoms. The van der Waals surface area contributed by atoms with Crippen LogP contribution in [0.2, 0.25) is 0 Å². The Bertz CT molecular complexity index is 988. The molecule has 0 aromatic carbocycles. The molecule has 0 fully saturated rings. The number of pyridine rings is 2. The average molecular weight is 322 g/mol. The molecule has 0 atom stereocenters. The summed E-state index contributed by atoms with van der Waals surface area (Å²) < 4.78 is 1.50. The van der Waals surface area contributed by atoms with E-state index >= 15 is 0 Å². The van der Waals surface area contributed by atoms with Gasteiger partial charge in [0.25, 0.3) is 5.56 Å². The molecule has 0 amide bonds. The van der Waals surface area contributed by atoms with Gasteiger partial charge < -0.3 is 0 Å². The van der Waals surface area contributed by atoms with Crippen LogP contribution in [0.1, 0.15) is 22.5 Å². The van der Waals surface area contributed by atoms with Crippen molar-refractivity contribution in [2.45, 2.75) is 24.6 Å². The third-order valence-electron chi connectivity index (χ3n) is 3.40. The van der Waals surface area contributed by atoms with Crippen LogP contribution in [0.25, 0.3) is 5.65 Å². The molecule has 3 aromatic rings. The summed E-state index contributed by atoms with van der Waals surface area (Å²) in [7, 11) is 0. The molecule has 0 aliphatic carbocycles. The lowest BCUT2D eigenvalue weighted by Crippen LogP contribution is -2.14. The highest BCUT2D eigenvalue weighted by Gasteiger charge is 2.10. The Kier molecular flexibility index (Phi) is 4.13. The van der Waals surface area contributed by atoms with Crippen LogP contribution in [0.5, 0.6) is 0 Å². The van der Waals surface area contributed by atoms with E-state index in [9.17, 15) is 10.1 Å². The first-order valence-electron chi connectivity index (χ1n) is 7.07. The van der Waals surface area contributed by atoms with E-state index < -0.39 is 0 Å². The van der Waals surface area contributed by atoms with Crippen molar-refractivity contribution in [1.29, 1.82) is 5.26 Å². The zero-order valence-electron chi connectivity index (χ0n) is 12.8. The Morgan fingerprint density at radius 2 is 2.09 bits per heavy atom. The lowest BCUT2D eigenvalue weighted by atomic mass is 10.1. The largest absolute Gasteiger partial charge is 0.269 e. The van der Waals surface area contributed by atoms with Gasteiger partial charge in [-0.1, -0.05) is 17.8 Å². The molecule has 0 aliphatic rings. The fraction of sp³-hybridized carbons (Fsp3) is 0.176. The van der Waals surface area contributed by atoms with Crippen molar-refractivity contribution in [3.63, 3.8) is 0 Å². The molecule has 0 unspecified atom stereocenters. The van der Waals surface area contributed by atoms with Crippen LogP contribution in [0, 0.1) is 25.2 Å². The molecule has 114 valence electrons. The van der Waals surface area contributed by atoms with Crippen LogP contribution in [0.3, 0.4) is 0 Å². The second kappa shape index (κ2) is 6.23. The molecule has 3 heterocycles. The van der Waals surface area contributed by atoms with Crippen molar-refractivity contribution in [1.82, 2.24) is 14.4 Å². The van der Waals surface area contributed by atoms with E-state index in [2.05, 4.69) is 16.0 Å². The van der Waals surface area contributed by atoms with Gasteiger partial charge in [0.05, 0.1) is 11.3 Å². The molecule has 0 N–H and O–H groups in total. The Balaban J connectivity index is 1.93. The summed E-state index contributed by atoms with van der Waals surface area (Å²) in [6.45, 7) is 3.80. The molecule has 0 spiro atoms. The topological polar surface area (TPSA) is 71.0 Å². The van der Waals surface area contributed by atoms with Gasteiger partial charge in [-0.05, 0) is 37.6 Å². The fourth-order valence-corrected chi connectivity index (χ4v) is 3.35. The third kappa shape index (κ3) is 3.10. The molecule has 0 saturated carbocycles. The summed E-state index contributed by atoms with van der Waals surface area (Å²) in [6.07, 6.45) is 1.70. The van der Waals surface area contributed by atoms with Gasteiger partial charge in [0, 0.05) is 23.7 Å². The summed E-state index contributed by atoms with van der Waals surface area (Å²) in [4.78, 5) is 21.0. The first kappa shape index (κ1) is 15.3. The summed E-state index contributed by atoms with van der Waals surface area (Å²) in [6, 6.07) is 11.1. The van der Waals surface area contributed by atoms with Gasteiger partial charge in [-0.2, -0.15) is 5.26 Å². The van der Waals surface area contributed by atoms with E-state index in [-0.39, 0.29) is 5.56 Å². The second-order valence-electron chi connectivity index (χ2n) is 5.18. The molecule has 5 nitrogen and oxygen atoms in total. The molecular weight excluding hydrogens is 308 g/mol. The van der Waals surface area contributed by atoms with Crippen molar-refractivity contribution in [2.75, 3.05) is 0 Å². The van der Waals surface area contributed by atoms with E-state index in [1.54, 1.807) is 18.3 Å². The van der Waals surface area contributed by atoms with Crippen LogP contribution in [-0.4, -0.2) is 14.4 Å². The number of nitrogens with zero attached hydrogens (tertiary/aromatic N) is 4. The SMILES string of the molecule is Cc1cc(C)c(C#N)c(SCc2cc(=O)n3ccccc3n2)n1. The highest BCUT2D eigenvalue weighted by molar-refractivity contribution is 7.98. The van der Waals surface area contributed by atoms with Gasteiger partial charge in [-0.15, -0.1) is 0 Å². The van der Waals surface area contributed by atoms with Crippen LogP contribution in [0.4, 0.5) is 0 Å². The zero-order chi connectivity index (χ0) is 16.4. The van der Waals surface area contributed by atoms with E-state index in [1.807, 2.05) is 26.0 Å². The Morgan fingerprint density at radius 3 is 2.87 bits per heavy atom. The Morgan fingerprint density at radius 1 is 1.26 bits per heavy atom. The molecule has 3 aromatic heterocycles. The van der Waals surface area contributed by atoms with Crippen molar-refractivity contribution in [3.8, 4) is 6.07 Å². The number of rotatable bonds is 3. The number of aryl methyl sites for hydroxylation is 2. The zero-order valence-corrected chi connectivity index (χ0v) is 13.6. The quantitative estimate of drug-likeness (QED) is 0.693. The molecule has 3 rings (SSSR count). The Labute approximate surface area is 137 Å². The summed E-state index contributed by atoms with van der Waals surface area (Å²) in [5.74, 6) is 0.491. The molecule has 0 aliphatic heterocycles. The maximum Gasteiger partial charge on any atom is 0.258 e. The van der Waals surface area contributed by atoms with Crippen molar-refractivity contribution >= 4 is 17.4 Å². The van der Waals surface area contributed by atoms with Gasteiger partial charge in [0.2, 0.25) is 0 Å². The number of aromatic nitrogens is 3. The third-order valence-corrected chi connectivity index (χ3v) is 4.41. The van der Waals surface area contributed by atoms with Gasteiger partial charge >= 0.3 is 0 Å². The summed E-state index contributed by atoms with van der Waals surface area (Å²) in [5, 5.41) is 9.98. The average Bonchev–Trinajstić information content (AvgIpc) is 2.52. The number of fused-ring (bicyclic) bond motifs is 1. The standard InChI is InChI=1S/C17H14N4OS/c1-11-7-12(2)19-17(14(11)9-18)23-10-13-8-16(22)21-6-4-3-5-15(21)20-13/h3-8H,10H2,1-2H3. The molecule has 23 heavy (non-hydrogen) atoms. The van der Waals surface area contributed by atoms with Gasteiger partial charge in [0.15, 0.2) is 0 Å². The predicted molar refractivity (Wildman–Crippen MR) is 89.4 cm³/mol. The van der Waals surface area contributed by atoms with Crippen molar-refractivity contribution < 1.29 is 0 Å². The summed E-state index contributed by atoms with van der Waals surface area (Å²) in [5.41, 5.74) is 3.54. The molecule has 0 saturated heterocycles. The highest BCUT2D eigenvalue weighted by Crippen LogP contribution is 2.26. The predicted octanol–water partition coefficient (Wildman–Crippen LogP) is 2.87. The number of hydrogen-bond donors (Lipinski definition) is 0. The van der Waals surface area contributed by atoms with E-state index in [1.165, 1.54) is 22.2 Å². The molecule has 0 bridgehead atoms. The van der Waals surface area contributed by atoms with E-state index in [4.69, 9.17) is 0 Å². The van der Waals surface area contributed by atoms with Crippen LogP contribution < -0.4 is 5.56 Å². The minimum Gasteiger partial charge on any atom is -0.269 e. The lowest BCUT2D eigenvalue weighted by molar-refractivity contribution is 1.00. The van der Waals surface area contributed by atoms with Crippen LogP contribution >= 0.6 is 11.8 Å². The fourth-order valence-electron chi connectivity index (χ4n) is 2.36. The van der Waals surface area contributed by atoms with Gasteiger partial charge in [-0.3, -0.25) is 9.20 Å². The number of thioether (sulfide) groups is 1. The van der Waals surface area contributed by atoms with Gasteiger partial charge in [-0.25, -0.2) is 9.97 Å². The summed E-state index contributed by atoms with van der Waals surface area (Å²) >= 11 is 1.43. The number of hydrogen-bond acceptors (Lipinski definition) is 5. The highest BCUT2D eigenvalue weighted by atomic mass is 32.2. The van der Waals surface area contributed by atoms with Crippen molar-refractivity contribution in [2.24, 2.45) is 0 Å². The first-order chi connectivity index (χ1) is 11.1. The minimum absolute atomic E-state index is 0.111. The van der Waals surface area contributed by atoms with E-state index in [0.29, 0.717) is 27.7 Å². The monoisotopic (exact) mass is 322 g/mol. The minimum atomic E-state index is -0.111. The number of nitriles is 1. The van der Waals surface area contributed by atoms with Crippen molar-refractivity contribution in [3.05, 3.63) is 69.4 Å². The lowest BCUT2D eigenvalue weighted by Gasteiger charge is -2.07. The second-order valence-corrected chi connectivity index (χ2v) is 6.14. The Hall–Kier alpha value is -2.65. The van der Waals surface area contributed by atoms with E-state index in [0.717, 1.165) is 11.3 Å². The molecule has 0 radical (unpaired) electrons. The maximum atomic E-state index is 12.1.